The third kappa shape index (κ3) is 7.47. The van der Waals surface area contributed by atoms with Gasteiger partial charge in [0.15, 0.2) is 0 Å². The maximum Gasteiger partial charge on any atom is 0.117 e. The van der Waals surface area contributed by atoms with Crippen molar-refractivity contribution in [1.82, 2.24) is 0 Å². The second-order valence-corrected chi connectivity index (χ2v) is 1.76. The molecule has 0 aliphatic carbocycles. The summed E-state index contributed by atoms with van der Waals surface area (Å²) in [7, 11) is 0. The van der Waals surface area contributed by atoms with Crippen LogP contribution in [0.5, 0.6) is 0 Å². The fourth-order valence-corrected chi connectivity index (χ4v) is 0.454. The maximum absolute atomic E-state index is 4.64. The highest BCUT2D eigenvalue weighted by atomic mass is 16.6. The van der Waals surface area contributed by atoms with Crippen molar-refractivity contribution in [3.8, 4) is 0 Å². The van der Waals surface area contributed by atoms with Crippen molar-refractivity contribution in [3.63, 3.8) is 0 Å². The van der Waals surface area contributed by atoms with Gasteiger partial charge < -0.3 is 4.84 Å². The minimum absolute atomic E-state index is 0.419. The Morgan fingerprint density at radius 2 is 2.44 bits per heavy atom. The monoisotopic (exact) mass is 128 g/mol. The van der Waals surface area contributed by atoms with Gasteiger partial charge in [-0.25, -0.2) is 0 Å². The van der Waals surface area contributed by atoms with Crippen LogP contribution in [0, 0.1) is 6.92 Å². The zero-order valence-corrected chi connectivity index (χ0v) is 5.97. The molecule has 0 atom stereocenters. The van der Waals surface area contributed by atoms with Crippen LogP contribution in [-0.4, -0.2) is 12.8 Å². The lowest BCUT2D eigenvalue weighted by atomic mass is 10.3. The zero-order chi connectivity index (χ0) is 6.95. The lowest BCUT2D eigenvalue weighted by molar-refractivity contribution is 0.174. The molecule has 0 aliphatic rings. The van der Waals surface area contributed by atoms with Gasteiger partial charge in [0.05, 0.1) is 0 Å². The van der Waals surface area contributed by atoms with Crippen molar-refractivity contribution in [2.45, 2.75) is 26.2 Å². The van der Waals surface area contributed by atoms with Crippen molar-refractivity contribution < 1.29 is 4.84 Å². The molecule has 0 N–H and O–H groups in total. The quantitative estimate of drug-likeness (QED) is 0.315. The number of nitrogens with zero attached hydrogens (tertiary/aromatic N) is 1. The van der Waals surface area contributed by atoms with Crippen molar-refractivity contribution in [1.29, 1.82) is 0 Å². The van der Waals surface area contributed by atoms with E-state index in [9.17, 15) is 0 Å². The van der Waals surface area contributed by atoms with E-state index in [0.29, 0.717) is 6.61 Å². The van der Waals surface area contributed by atoms with E-state index in [1.807, 2.05) is 0 Å². The van der Waals surface area contributed by atoms with Crippen LogP contribution < -0.4 is 0 Å². The average Bonchev–Trinajstić information content (AvgIpc) is 1.89. The van der Waals surface area contributed by atoms with E-state index in [-0.39, 0.29) is 0 Å². The second-order valence-electron chi connectivity index (χ2n) is 1.76. The predicted molar refractivity (Wildman–Crippen MR) is 39.3 cm³/mol. The summed E-state index contributed by atoms with van der Waals surface area (Å²) < 4.78 is 0. The molecule has 0 bridgehead atoms. The number of hydrogen-bond acceptors (Lipinski definition) is 2. The van der Waals surface area contributed by atoms with Crippen LogP contribution >= 0.6 is 0 Å². The van der Waals surface area contributed by atoms with Crippen molar-refractivity contribution in [3.05, 3.63) is 6.92 Å². The van der Waals surface area contributed by atoms with Gasteiger partial charge in [-0.2, -0.15) is 0 Å². The van der Waals surface area contributed by atoms with Gasteiger partial charge in [0.2, 0.25) is 0 Å². The number of rotatable bonds is 5. The molecule has 0 spiro atoms. The van der Waals surface area contributed by atoms with Crippen LogP contribution in [-0.2, 0) is 4.84 Å². The molecule has 0 rings (SSSR count). The lowest BCUT2D eigenvalue weighted by Crippen LogP contribution is -1.81. The molecule has 0 aliphatic heterocycles. The van der Waals surface area contributed by atoms with Gasteiger partial charge in [-0.3, -0.25) is 0 Å². The van der Waals surface area contributed by atoms with E-state index < -0.39 is 0 Å². The summed E-state index contributed by atoms with van der Waals surface area (Å²) in [6.07, 6.45) is 5.19. The zero-order valence-electron chi connectivity index (χ0n) is 5.97. The van der Waals surface area contributed by atoms with E-state index in [0.717, 1.165) is 6.42 Å². The topological polar surface area (TPSA) is 21.6 Å². The Morgan fingerprint density at radius 3 is 3.00 bits per heavy atom. The van der Waals surface area contributed by atoms with Gasteiger partial charge >= 0.3 is 0 Å². The molecule has 0 saturated carbocycles. The molecule has 2 heteroatoms. The van der Waals surface area contributed by atoms with Crippen LogP contribution in [0.1, 0.15) is 26.2 Å². The fraction of sp³-hybridized carbons (Fsp3) is 0.714. The molecule has 1 radical (unpaired) electrons. The van der Waals surface area contributed by atoms with E-state index in [4.69, 9.17) is 0 Å². The summed E-state index contributed by atoms with van der Waals surface area (Å²) >= 11 is 0. The van der Waals surface area contributed by atoms with Gasteiger partial charge in [0, 0.05) is 6.21 Å². The summed E-state index contributed by atoms with van der Waals surface area (Å²) in [5.74, 6) is 0. The van der Waals surface area contributed by atoms with E-state index in [2.05, 4.69) is 23.8 Å². The Balaban J connectivity index is 2.86. The Labute approximate surface area is 56.9 Å². The van der Waals surface area contributed by atoms with E-state index in [1.165, 1.54) is 12.8 Å². The third-order valence-electron chi connectivity index (χ3n) is 0.927. The Bertz CT molecular complexity index is 71.3. The Morgan fingerprint density at radius 1 is 1.67 bits per heavy atom. The molecule has 0 aromatic rings. The first-order chi connectivity index (χ1) is 4.41. The van der Waals surface area contributed by atoms with Crippen LogP contribution in [0.3, 0.4) is 0 Å². The SMILES string of the molecule is [CH2]CON=CCCCC. The van der Waals surface area contributed by atoms with Gasteiger partial charge in [-0.1, -0.05) is 18.5 Å². The molecule has 0 unspecified atom stereocenters. The van der Waals surface area contributed by atoms with Crippen LogP contribution in [0.15, 0.2) is 5.16 Å². The molecular formula is C7H14NO. The normalized spacial score (nSPS) is 10.4. The highest BCUT2D eigenvalue weighted by Crippen LogP contribution is 1.89. The largest absolute Gasteiger partial charge is 0.396 e. The molecular weight excluding hydrogens is 114 g/mol. The molecule has 0 aromatic heterocycles. The van der Waals surface area contributed by atoms with Crippen LogP contribution in [0.25, 0.3) is 0 Å². The lowest BCUT2D eigenvalue weighted by Gasteiger charge is -1.89. The fourth-order valence-electron chi connectivity index (χ4n) is 0.454. The van der Waals surface area contributed by atoms with Gasteiger partial charge in [0.25, 0.3) is 0 Å². The first-order valence-electron chi connectivity index (χ1n) is 3.34. The molecule has 0 aromatic carbocycles. The van der Waals surface area contributed by atoms with Crippen LogP contribution in [0.4, 0.5) is 0 Å². The van der Waals surface area contributed by atoms with Crippen molar-refractivity contribution in [2.24, 2.45) is 5.16 Å². The Kier molecular flexibility index (Phi) is 7.03. The average molecular weight is 128 g/mol. The third-order valence-corrected chi connectivity index (χ3v) is 0.927. The second kappa shape index (κ2) is 7.47. The van der Waals surface area contributed by atoms with Crippen LogP contribution in [0.2, 0.25) is 0 Å². The van der Waals surface area contributed by atoms with Gasteiger partial charge in [0.1, 0.15) is 6.61 Å². The maximum atomic E-state index is 4.64. The standard InChI is InChI=1S/C7H14NO/c1-3-5-6-7-8-9-4-2/h7H,2-6H2,1H3. The number of unbranched alkanes of at least 4 members (excludes halogenated alkanes) is 2. The van der Waals surface area contributed by atoms with Gasteiger partial charge in [-0.15, -0.1) is 0 Å². The highest BCUT2D eigenvalue weighted by molar-refractivity contribution is 5.55. The predicted octanol–water partition coefficient (Wildman–Crippen LogP) is 2.01. The molecule has 0 fully saturated rings. The Hall–Kier alpha value is -0.530. The van der Waals surface area contributed by atoms with Gasteiger partial charge in [-0.05, 0) is 19.8 Å². The smallest absolute Gasteiger partial charge is 0.117 e. The molecule has 2 nitrogen and oxygen atoms in total. The summed E-state index contributed by atoms with van der Waals surface area (Å²) in [5.41, 5.74) is 0. The minimum atomic E-state index is 0.419. The molecule has 53 valence electrons. The molecule has 9 heavy (non-hydrogen) atoms. The van der Waals surface area contributed by atoms with E-state index >= 15 is 0 Å². The minimum Gasteiger partial charge on any atom is -0.396 e. The van der Waals surface area contributed by atoms with E-state index in [1.54, 1.807) is 6.21 Å². The summed E-state index contributed by atoms with van der Waals surface area (Å²) in [4.78, 5) is 4.64. The molecule has 0 heterocycles. The number of oxime groups is 1. The van der Waals surface area contributed by atoms with Crippen molar-refractivity contribution in [2.75, 3.05) is 6.61 Å². The first kappa shape index (κ1) is 8.47. The summed E-state index contributed by atoms with van der Waals surface area (Å²) in [5, 5.41) is 3.64. The summed E-state index contributed by atoms with van der Waals surface area (Å²) in [6, 6.07) is 0. The number of hydrogen-bond donors (Lipinski definition) is 0. The summed E-state index contributed by atoms with van der Waals surface area (Å²) in [6.45, 7) is 6.04. The molecule has 0 amide bonds. The first-order valence-corrected chi connectivity index (χ1v) is 3.34. The molecule has 0 saturated heterocycles. The van der Waals surface area contributed by atoms with Crippen molar-refractivity contribution >= 4 is 6.21 Å². The highest BCUT2D eigenvalue weighted by Gasteiger charge is 1.77.